The number of allylic oxidation sites excluding steroid dienone is 18. The van der Waals surface area contributed by atoms with Gasteiger partial charge in [-0.2, -0.15) is 0 Å². The summed E-state index contributed by atoms with van der Waals surface area (Å²) in [5.74, 6) is -0.253. The molecule has 3 saturated heterocycles. The topological polar surface area (TPSA) is 307 Å². The van der Waals surface area contributed by atoms with Crippen LogP contribution in [0.1, 0.15) is 219 Å². The zero-order valence-corrected chi connectivity index (χ0v) is 56.4. The van der Waals surface area contributed by atoms with Crippen molar-refractivity contribution in [1.29, 1.82) is 0 Å². The Hall–Kier alpha value is -3.55. The second kappa shape index (κ2) is 54.5. The first kappa shape index (κ1) is 83.7. The average molecular weight is 1320 g/mol. The van der Waals surface area contributed by atoms with Crippen LogP contribution in [0, 0.1) is 0 Å². The molecule has 0 aromatic heterocycles. The van der Waals surface area contributed by atoms with Gasteiger partial charge in [0.05, 0.1) is 38.6 Å². The van der Waals surface area contributed by atoms with Crippen LogP contribution in [-0.4, -0.2) is 193 Å². The van der Waals surface area contributed by atoms with Crippen LogP contribution in [0.15, 0.2) is 109 Å². The number of nitrogens with one attached hydrogen (secondary N) is 1. The first-order chi connectivity index (χ1) is 45.3. The molecule has 0 saturated carbocycles. The molecule has 0 aliphatic carbocycles. The van der Waals surface area contributed by atoms with E-state index in [4.69, 9.17) is 28.4 Å². The lowest BCUT2D eigenvalue weighted by molar-refractivity contribution is -0.379. The molecule has 0 bridgehead atoms. The van der Waals surface area contributed by atoms with Crippen LogP contribution >= 0.6 is 0 Å². The highest BCUT2D eigenvalue weighted by Crippen LogP contribution is 2.33. The summed E-state index contributed by atoms with van der Waals surface area (Å²) >= 11 is 0. The quantitative estimate of drug-likeness (QED) is 0.0199. The number of aliphatic hydroxyl groups excluding tert-OH is 11. The summed E-state index contributed by atoms with van der Waals surface area (Å²) in [5.41, 5.74) is 0. The van der Waals surface area contributed by atoms with Gasteiger partial charge in [-0.25, -0.2) is 0 Å². The molecule has 3 heterocycles. The maximum atomic E-state index is 13.4. The largest absolute Gasteiger partial charge is 0.394 e. The Morgan fingerprint density at radius 2 is 0.742 bits per heavy atom. The first-order valence-electron chi connectivity index (χ1n) is 35.6. The molecular formula is C74H125NO18. The van der Waals surface area contributed by atoms with Gasteiger partial charge in [0.1, 0.15) is 73.2 Å². The van der Waals surface area contributed by atoms with Crippen molar-refractivity contribution in [3.63, 3.8) is 0 Å². The monoisotopic (exact) mass is 1320 g/mol. The first-order valence-corrected chi connectivity index (χ1v) is 35.6. The van der Waals surface area contributed by atoms with E-state index in [0.717, 1.165) is 116 Å². The lowest BCUT2D eigenvalue weighted by Gasteiger charge is -2.48. The fourth-order valence-electron chi connectivity index (χ4n) is 11.4. The summed E-state index contributed by atoms with van der Waals surface area (Å²) in [6, 6.07) is -0.893. The zero-order valence-electron chi connectivity index (χ0n) is 56.4. The van der Waals surface area contributed by atoms with E-state index in [2.05, 4.69) is 129 Å². The van der Waals surface area contributed by atoms with Crippen molar-refractivity contribution >= 4 is 5.91 Å². The van der Waals surface area contributed by atoms with Gasteiger partial charge in [0.2, 0.25) is 5.91 Å². The van der Waals surface area contributed by atoms with Gasteiger partial charge in [-0.1, -0.05) is 239 Å². The number of hydrogen-bond acceptors (Lipinski definition) is 18. The van der Waals surface area contributed by atoms with Gasteiger partial charge in [-0.05, 0) is 83.5 Å². The molecule has 0 radical (unpaired) electrons. The highest BCUT2D eigenvalue weighted by molar-refractivity contribution is 5.76. The van der Waals surface area contributed by atoms with E-state index in [0.29, 0.717) is 12.8 Å². The van der Waals surface area contributed by atoms with Crippen molar-refractivity contribution < 1.29 is 89.4 Å². The minimum absolute atomic E-state index is 0.253. The number of unbranched alkanes of at least 4 members (excludes halogenated alkanes) is 19. The molecule has 17 unspecified atom stereocenters. The Balaban J connectivity index is 1.30. The summed E-state index contributed by atoms with van der Waals surface area (Å²) < 4.78 is 34.3. The summed E-state index contributed by atoms with van der Waals surface area (Å²) in [6.07, 6.45) is 46.4. The van der Waals surface area contributed by atoms with E-state index in [1.54, 1.807) is 0 Å². The molecule has 19 nitrogen and oxygen atoms in total. The fourth-order valence-corrected chi connectivity index (χ4v) is 11.4. The normalized spacial score (nSPS) is 28.2. The van der Waals surface area contributed by atoms with E-state index in [-0.39, 0.29) is 18.9 Å². The zero-order chi connectivity index (χ0) is 67.5. The Morgan fingerprint density at radius 3 is 1.16 bits per heavy atom. The minimum atomic E-state index is -1.98. The summed E-state index contributed by atoms with van der Waals surface area (Å²) in [7, 11) is 0. The lowest BCUT2D eigenvalue weighted by Crippen LogP contribution is -2.66. The molecule has 3 rings (SSSR count). The van der Waals surface area contributed by atoms with Gasteiger partial charge in [0.25, 0.3) is 0 Å². The summed E-state index contributed by atoms with van der Waals surface area (Å²) in [4.78, 5) is 13.4. The van der Waals surface area contributed by atoms with Crippen molar-refractivity contribution in [2.24, 2.45) is 0 Å². The molecule has 0 spiro atoms. The van der Waals surface area contributed by atoms with Crippen molar-refractivity contribution in [2.45, 2.75) is 324 Å². The van der Waals surface area contributed by atoms with Crippen molar-refractivity contribution in [3.8, 4) is 0 Å². The molecule has 3 aliphatic rings. The average Bonchev–Trinajstić information content (AvgIpc) is 0.828. The maximum Gasteiger partial charge on any atom is 0.220 e. The SMILES string of the molecule is CC/C=C\C/C=C\C/C=C\C/C=C\C/C=C\C/C=C\C/C=C\C/C=C\C/C=C\CCCCCCCCCCCCCC(=O)NC(COC1OC(CO)C(OC2OC(CO)C(OC3OC(CO)C(O)C(O)C3O)C(O)C2O)C(O)C1O)C(O)CCCCCCCCCCC. The van der Waals surface area contributed by atoms with Gasteiger partial charge in [0.15, 0.2) is 18.9 Å². The number of amides is 1. The third-order valence-electron chi connectivity index (χ3n) is 17.1. The Morgan fingerprint density at radius 1 is 0.398 bits per heavy atom. The second-order valence-corrected chi connectivity index (χ2v) is 25.0. The van der Waals surface area contributed by atoms with Gasteiger partial charge in [-0.15, -0.1) is 0 Å². The Kier molecular flexibility index (Phi) is 49.0. The van der Waals surface area contributed by atoms with Crippen molar-refractivity contribution in [2.75, 3.05) is 26.4 Å². The molecule has 3 aliphatic heterocycles. The smallest absolute Gasteiger partial charge is 0.220 e. The van der Waals surface area contributed by atoms with Gasteiger partial charge in [-0.3, -0.25) is 4.79 Å². The van der Waals surface area contributed by atoms with Crippen LogP contribution in [0.2, 0.25) is 0 Å². The third-order valence-corrected chi connectivity index (χ3v) is 17.1. The number of aliphatic hydroxyl groups is 11. The number of carbonyl (C=O) groups excluding carboxylic acids is 1. The molecule has 19 heteroatoms. The van der Waals surface area contributed by atoms with Crippen molar-refractivity contribution in [1.82, 2.24) is 5.32 Å². The minimum Gasteiger partial charge on any atom is -0.394 e. The van der Waals surface area contributed by atoms with E-state index >= 15 is 0 Å². The number of ether oxygens (including phenoxy) is 6. The van der Waals surface area contributed by atoms with Crippen LogP contribution in [0.25, 0.3) is 0 Å². The third kappa shape index (κ3) is 36.0. The highest BCUT2D eigenvalue weighted by atomic mass is 16.8. The van der Waals surface area contributed by atoms with E-state index < -0.39 is 124 Å². The molecule has 0 aromatic carbocycles. The molecule has 12 N–H and O–H groups in total. The Bertz CT molecular complexity index is 2110. The van der Waals surface area contributed by atoms with Gasteiger partial charge < -0.3 is 89.9 Å². The van der Waals surface area contributed by atoms with Crippen LogP contribution in [0.3, 0.4) is 0 Å². The van der Waals surface area contributed by atoms with Crippen LogP contribution < -0.4 is 5.32 Å². The molecule has 93 heavy (non-hydrogen) atoms. The van der Waals surface area contributed by atoms with Crippen LogP contribution in [0.4, 0.5) is 0 Å². The molecule has 17 atom stereocenters. The molecule has 0 aromatic rings. The fraction of sp³-hybridized carbons (Fsp3) is 0.743. The second-order valence-electron chi connectivity index (χ2n) is 25.0. The predicted octanol–water partition coefficient (Wildman–Crippen LogP) is 9.83. The number of carbonyl (C=O) groups is 1. The van der Waals surface area contributed by atoms with Crippen LogP contribution in [0.5, 0.6) is 0 Å². The molecule has 1 amide bonds. The van der Waals surface area contributed by atoms with Gasteiger partial charge in [0, 0.05) is 6.42 Å². The standard InChI is InChI=1S/C74H125NO18/c1-3-5-7-9-11-13-14-15-16-17-18-19-20-21-22-23-24-25-26-27-28-29-30-31-32-33-34-35-36-37-38-39-40-41-42-44-46-48-50-52-62(80)75-57(58(79)51-49-47-45-43-12-10-8-6-4-2)56-88-72-68(86)65(83)70(60(54-77)90-72)93-74-69(87)66(84)71(61(55-78)91-74)92-73-67(85)64(82)63(81)59(53-76)89-73/h5,7,11,13,15-16,18-19,21-22,24-25,27-28,30-31,33-34,57-61,63-74,76-79,81-87H,3-4,6,8-10,12,14,17,20,23,26,29,32,35-56H2,1-2H3,(H,75,80)/b7-5-,13-11-,16-15-,19-18-,22-21-,25-24-,28-27-,31-30-,34-33-. The molecule has 534 valence electrons. The highest BCUT2D eigenvalue weighted by Gasteiger charge is 2.53. The van der Waals surface area contributed by atoms with Crippen LogP contribution in [-0.2, 0) is 33.2 Å². The van der Waals surface area contributed by atoms with Gasteiger partial charge >= 0.3 is 0 Å². The molecular weight excluding hydrogens is 1190 g/mol. The van der Waals surface area contributed by atoms with E-state index in [1.165, 1.54) is 70.6 Å². The van der Waals surface area contributed by atoms with E-state index in [1.807, 2.05) is 0 Å². The lowest BCUT2D eigenvalue weighted by atomic mass is 9.96. The maximum absolute atomic E-state index is 13.4. The predicted molar refractivity (Wildman–Crippen MR) is 364 cm³/mol. The Labute approximate surface area is 557 Å². The summed E-state index contributed by atoms with van der Waals surface area (Å²) in [6.45, 7) is 1.63. The number of rotatable bonds is 53. The summed E-state index contributed by atoms with van der Waals surface area (Å²) in [5, 5.41) is 120. The number of hydrogen-bond donors (Lipinski definition) is 12. The van der Waals surface area contributed by atoms with Crippen molar-refractivity contribution in [3.05, 3.63) is 109 Å². The molecule has 3 fully saturated rings. The van der Waals surface area contributed by atoms with E-state index in [9.17, 15) is 61.0 Å².